The molecule has 0 unspecified atom stereocenters. The van der Waals surface area contributed by atoms with Crippen molar-refractivity contribution in [3.8, 4) is 16.9 Å². The first-order valence-electron chi connectivity index (χ1n) is 12.8. The number of benzene rings is 3. The molecule has 0 bridgehead atoms. The standard InChI is InChI=1S/C29H31N5O6/c1-40-23-12-9-20(10-13-23)21-11-14-24-25(16-21)34(18-19-6-3-2-4-7-19)26(33-24)27(35)31-17-22(32-29(38)39)8-5-15-30-28(36)37/h2-4,6-7,9-14,16,22,30,32H,5,8,15,17-18H2,1H3,(H,31,35)(H,36,37)(H,38,39)/t22-/m0/s1. The van der Waals surface area contributed by atoms with Gasteiger partial charge in [0, 0.05) is 25.7 Å². The molecule has 0 aliphatic heterocycles. The highest BCUT2D eigenvalue weighted by Crippen LogP contribution is 2.27. The Morgan fingerprint density at radius 1 is 0.925 bits per heavy atom. The first-order chi connectivity index (χ1) is 19.3. The fourth-order valence-electron chi connectivity index (χ4n) is 4.42. The predicted octanol–water partition coefficient (Wildman–Crippen LogP) is 4.17. The highest BCUT2D eigenvalue weighted by Gasteiger charge is 2.20. The van der Waals surface area contributed by atoms with E-state index in [4.69, 9.17) is 9.84 Å². The van der Waals surface area contributed by atoms with Crippen LogP contribution >= 0.6 is 0 Å². The Kier molecular flexibility index (Phi) is 9.19. The molecule has 4 rings (SSSR count). The zero-order chi connectivity index (χ0) is 28.5. The van der Waals surface area contributed by atoms with Gasteiger partial charge in [0.1, 0.15) is 5.75 Å². The normalized spacial score (nSPS) is 11.5. The first kappa shape index (κ1) is 28.0. The van der Waals surface area contributed by atoms with Crippen LogP contribution in [-0.2, 0) is 6.54 Å². The van der Waals surface area contributed by atoms with Crippen molar-refractivity contribution >= 4 is 29.1 Å². The van der Waals surface area contributed by atoms with Gasteiger partial charge in [-0.15, -0.1) is 0 Å². The van der Waals surface area contributed by atoms with E-state index in [9.17, 15) is 19.5 Å². The van der Waals surface area contributed by atoms with E-state index in [0.717, 1.165) is 28.0 Å². The summed E-state index contributed by atoms with van der Waals surface area (Å²) in [6.07, 6.45) is -1.65. The minimum atomic E-state index is -1.23. The van der Waals surface area contributed by atoms with E-state index in [0.29, 0.717) is 24.9 Å². The van der Waals surface area contributed by atoms with E-state index >= 15 is 0 Å². The van der Waals surface area contributed by atoms with Gasteiger partial charge < -0.3 is 35.5 Å². The summed E-state index contributed by atoms with van der Waals surface area (Å²) in [5.41, 5.74) is 4.36. The largest absolute Gasteiger partial charge is 0.497 e. The zero-order valence-corrected chi connectivity index (χ0v) is 22.0. The van der Waals surface area contributed by atoms with E-state index in [1.807, 2.05) is 77.4 Å². The third kappa shape index (κ3) is 7.28. The van der Waals surface area contributed by atoms with Crippen LogP contribution in [0.25, 0.3) is 22.2 Å². The van der Waals surface area contributed by atoms with Crippen LogP contribution in [0.5, 0.6) is 5.75 Å². The van der Waals surface area contributed by atoms with Gasteiger partial charge in [-0.05, 0) is 53.8 Å². The molecule has 1 aromatic heterocycles. The molecule has 5 N–H and O–H groups in total. The molecule has 0 aliphatic rings. The number of amides is 3. The maximum absolute atomic E-state index is 13.4. The van der Waals surface area contributed by atoms with Crippen LogP contribution < -0.4 is 20.7 Å². The molecule has 0 fully saturated rings. The van der Waals surface area contributed by atoms with Gasteiger partial charge in [0.15, 0.2) is 5.82 Å². The Labute approximate surface area is 230 Å². The number of rotatable bonds is 12. The fraction of sp³-hybridized carbons (Fsp3) is 0.241. The highest BCUT2D eigenvalue weighted by atomic mass is 16.5. The van der Waals surface area contributed by atoms with Crippen LogP contribution in [0.15, 0.2) is 72.8 Å². The summed E-state index contributed by atoms with van der Waals surface area (Å²) in [6, 6.07) is 22.6. The summed E-state index contributed by atoms with van der Waals surface area (Å²) >= 11 is 0. The molecule has 0 aliphatic carbocycles. The molecule has 1 atom stereocenters. The lowest BCUT2D eigenvalue weighted by atomic mass is 10.0. The topological polar surface area (TPSA) is 155 Å². The van der Waals surface area contributed by atoms with E-state index in [1.54, 1.807) is 7.11 Å². The number of methoxy groups -OCH3 is 1. The van der Waals surface area contributed by atoms with Crippen molar-refractivity contribution in [2.75, 3.05) is 20.2 Å². The molecule has 0 saturated heterocycles. The van der Waals surface area contributed by atoms with E-state index in [-0.39, 0.29) is 18.9 Å². The predicted molar refractivity (Wildman–Crippen MR) is 150 cm³/mol. The summed E-state index contributed by atoms with van der Waals surface area (Å²) in [4.78, 5) is 39.9. The second-order valence-electron chi connectivity index (χ2n) is 9.17. The molecule has 0 spiro atoms. The van der Waals surface area contributed by atoms with Gasteiger partial charge in [-0.3, -0.25) is 4.79 Å². The molecule has 3 aromatic carbocycles. The molecule has 11 nitrogen and oxygen atoms in total. The number of hydrogen-bond donors (Lipinski definition) is 5. The lowest BCUT2D eigenvalue weighted by molar-refractivity contribution is 0.0933. The van der Waals surface area contributed by atoms with Crippen molar-refractivity contribution in [1.29, 1.82) is 0 Å². The van der Waals surface area contributed by atoms with Crippen molar-refractivity contribution in [3.63, 3.8) is 0 Å². The Bertz CT molecular complexity index is 1470. The van der Waals surface area contributed by atoms with Crippen molar-refractivity contribution in [2.45, 2.75) is 25.4 Å². The maximum Gasteiger partial charge on any atom is 0.404 e. The number of hydrogen-bond acceptors (Lipinski definition) is 5. The van der Waals surface area contributed by atoms with Gasteiger partial charge in [0.25, 0.3) is 5.91 Å². The molecule has 40 heavy (non-hydrogen) atoms. The zero-order valence-electron chi connectivity index (χ0n) is 22.0. The van der Waals surface area contributed by atoms with Crippen molar-refractivity contribution in [2.24, 2.45) is 0 Å². The summed E-state index contributed by atoms with van der Waals surface area (Å²) in [5, 5.41) is 25.4. The van der Waals surface area contributed by atoms with Crippen LogP contribution in [0.2, 0.25) is 0 Å². The molecular weight excluding hydrogens is 514 g/mol. The van der Waals surface area contributed by atoms with E-state index in [1.165, 1.54) is 0 Å². The van der Waals surface area contributed by atoms with Crippen LogP contribution in [0.3, 0.4) is 0 Å². The number of carbonyl (C=O) groups excluding carboxylic acids is 1. The Morgan fingerprint density at radius 3 is 2.33 bits per heavy atom. The van der Waals surface area contributed by atoms with Gasteiger partial charge in [-0.2, -0.15) is 0 Å². The number of nitrogens with zero attached hydrogens (tertiary/aromatic N) is 2. The summed E-state index contributed by atoms with van der Waals surface area (Å²) in [6.45, 7) is 0.595. The summed E-state index contributed by atoms with van der Waals surface area (Å²) in [7, 11) is 1.62. The molecule has 0 radical (unpaired) electrons. The van der Waals surface area contributed by atoms with Gasteiger partial charge in [0.2, 0.25) is 0 Å². The Hall–Kier alpha value is -5.06. The van der Waals surface area contributed by atoms with E-state index in [2.05, 4.69) is 20.9 Å². The Balaban J connectivity index is 1.60. The lowest BCUT2D eigenvalue weighted by Gasteiger charge is -2.18. The first-order valence-corrected chi connectivity index (χ1v) is 12.8. The van der Waals surface area contributed by atoms with Gasteiger partial charge in [0.05, 0.1) is 18.1 Å². The van der Waals surface area contributed by atoms with Gasteiger partial charge in [-0.1, -0.05) is 48.5 Å². The second kappa shape index (κ2) is 13.1. The number of nitrogens with one attached hydrogen (secondary N) is 3. The fourth-order valence-corrected chi connectivity index (χ4v) is 4.42. The Morgan fingerprint density at radius 2 is 1.65 bits per heavy atom. The number of fused-ring (bicyclic) bond motifs is 1. The van der Waals surface area contributed by atoms with Crippen molar-refractivity contribution in [1.82, 2.24) is 25.5 Å². The van der Waals surface area contributed by atoms with Gasteiger partial charge in [-0.25, -0.2) is 14.6 Å². The lowest BCUT2D eigenvalue weighted by Crippen LogP contribution is -2.44. The number of aromatic nitrogens is 2. The molecule has 208 valence electrons. The summed E-state index contributed by atoms with van der Waals surface area (Å²) in [5.74, 6) is 0.512. The highest BCUT2D eigenvalue weighted by molar-refractivity contribution is 5.95. The number of imidazole rings is 1. The minimum absolute atomic E-state index is 0.0177. The molecule has 11 heteroatoms. The SMILES string of the molecule is COc1ccc(-c2ccc3nc(C(=O)NC[C@H](CCCNC(=O)O)NC(=O)O)n(Cc4ccccc4)c3c2)cc1. The van der Waals surface area contributed by atoms with Crippen molar-refractivity contribution in [3.05, 3.63) is 84.2 Å². The molecule has 1 heterocycles. The molecule has 4 aromatic rings. The van der Waals surface area contributed by atoms with Crippen LogP contribution in [0.1, 0.15) is 29.0 Å². The van der Waals surface area contributed by atoms with Crippen LogP contribution in [0, 0.1) is 0 Å². The number of carboxylic acid groups (broad SMARTS) is 2. The van der Waals surface area contributed by atoms with E-state index < -0.39 is 24.1 Å². The van der Waals surface area contributed by atoms with Crippen molar-refractivity contribution < 1.29 is 29.3 Å². The smallest absolute Gasteiger partial charge is 0.404 e. The average Bonchev–Trinajstić information content (AvgIpc) is 3.31. The monoisotopic (exact) mass is 545 g/mol. The molecule has 3 amide bonds. The second-order valence-corrected chi connectivity index (χ2v) is 9.17. The number of carbonyl (C=O) groups is 3. The third-order valence-corrected chi connectivity index (χ3v) is 6.40. The van der Waals surface area contributed by atoms with Crippen LogP contribution in [0.4, 0.5) is 9.59 Å². The average molecular weight is 546 g/mol. The summed E-state index contributed by atoms with van der Waals surface area (Å²) < 4.78 is 7.12. The molecule has 0 saturated carbocycles. The van der Waals surface area contributed by atoms with Crippen LogP contribution in [-0.4, -0.2) is 64.1 Å². The quantitative estimate of drug-likeness (QED) is 0.167. The number of ether oxygens (including phenoxy) is 1. The molecular formula is C29H31N5O6. The minimum Gasteiger partial charge on any atom is -0.497 e. The third-order valence-electron chi connectivity index (χ3n) is 6.40. The van der Waals surface area contributed by atoms with Gasteiger partial charge >= 0.3 is 12.2 Å². The maximum atomic E-state index is 13.4.